The van der Waals surface area contributed by atoms with Gasteiger partial charge in [0.15, 0.2) is 0 Å². The third kappa shape index (κ3) is 3.40. The zero-order chi connectivity index (χ0) is 25.3. The predicted octanol–water partition coefficient (Wildman–Crippen LogP) is 3.76. The zero-order valence-corrected chi connectivity index (χ0v) is 20.1. The first kappa shape index (κ1) is 23.0. The lowest BCUT2D eigenvalue weighted by Crippen LogP contribution is -2.52. The van der Waals surface area contributed by atoms with Crippen LogP contribution in [0, 0.1) is 11.2 Å². The average molecular weight is 479 g/mol. The molecule has 0 saturated carbocycles. The fourth-order valence-electron chi connectivity index (χ4n) is 5.46. The molecule has 0 bridgehead atoms. The smallest absolute Gasteiger partial charge is 0.327 e. The Labute approximate surface area is 202 Å². The molecule has 0 aliphatic carbocycles. The number of aromatic nitrogens is 2. The Morgan fingerprint density at radius 3 is 2.54 bits per heavy atom. The highest BCUT2D eigenvalue weighted by atomic mass is 19.1. The molecule has 2 aromatic heterocycles. The number of hydrogen-bond donors (Lipinski definition) is 1. The fourth-order valence-corrected chi connectivity index (χ4v) is 5.46. The summed E-state index contributed by atoms with van der Waals surface area (Å²) in [4.78, 5) is 45.9. The Morgan fingerprint density at radius 1 is 1.20 bits per heavy atom. The van der Waals surface area contributed by atoms with Crippen LogP contribution in [0.1, 0.15) is 44.5 Å². The lowest BCUT2D eigenvalue weighted by molar-refractivity contribution is -0.148. The fraction of sp³-hybridized carbons (Fsp3) is 0.385. The van der Waals surface area contributed by atoms with E-state index in [4.69, 9.17) is 0 Å². The summed E-state index contributed by atoms with van der Waals surface area (Å²) in [5.41, 5.74) is 1.41. The molecule has 3 aromatic rings. The van der Waals surface area contributed by atoms with Crippen molar-refractivity contribution < 1.29 is 23.9 Å². The molecule has 1 unspecified atom stereocenters. The van der Waals surface area contributed by atoms with E-state index in [0.29, 0.717) is 6.54 Å². The van der Waals surface area contributed by atoms with E-state index in [9.17, 15) is 23.9 Å². The van der Waals surface area contributed by atoms with E-state index in [-0.39, 0.29) is 24.8 Å². The van der Waals surface area contributed by atoms with Gasteiger partial charge >= 0.3 is 12.0 Å². The van der Waals surface area contributed by atoms with Gasteiger partial charge in [-0.2, -0.15) is 0 Å². The van der Waals surface area contributed by atoms with Gasteiger partial charge in [0.1, 0.15) is 17.5 Å². The minimum absolute atomic E-state index is 0.190. The maximum absolute atomic E-state index is 13.6. The number of pyridine rings is 1. The maximum Gasteiger partial charge on any atom is 0.327 e. The van der Waals surface area contributed by atoms with Crippen LogP contribution in [0.3, 0.4) is 0 Å². The van der Waals surface area contributed by atoms with Crippen molar-refractivity contribution in [2.24, 2.45) is 5.41 Å². The highest BCUT2D eigenvalue weighted by Gasteiger charge is 2.57. The Kier molecular flexibility index (Phi) is 5.02. The van der Waals surface area contributed by atoms with Crippen LogP contribution in [-0.2, 0) is 28.1 Å². The monoisotopic (exact) mass is 478 g/mol. The first-order chi connectivity index (χ1) is 16.4. The Hall–Kier alpha value is -3.75. The molecule has 8 nitrogen and oxygen atoms in total. The number of benzene rings is 1. The summed E-state index contributed by atoms with van der Waals surface area (Å²) in [6.45, 7) is 7.30. The highest BCUT2D eigenvalue weighted by molar-refractivity contribution is 6.06. The largest absolute Gasteiger partial charge is 0.481 e. The number of carboxylic acids is 1. The van der Waals surface area contributed by atoms with Crippen LogP contribution in [0.25, 0.3) is 11.0 Å². The highest BCUT2D eigenvalue weighted by Crippen LogP contribution is 2.47. The summed E-state index contributed by atoms with van der Waals surface area (Å²) in [6, 6.07) is 8.82. The number of nitrogens with zero attached hydrogens (tertiary/aromatic N) is 4. The molecule has 3 amide bonds. The van der Waals surface area contributed by atoms with Crippen LogP contribution < -0.4 is 0 Å². The second kappa shape index (κ2) is 7.63. The molecule has 0 spiro atoms. The van der Waals surface area contributed by atoms with Crippen LogP contribution in [0.4, 0.5) is 9.18 Å². The molecule has 1 N–H and O–H groups in total. The van der Waals surface area contributed by atoms with Crippen molar-refractivity contribution in [3.8, 4) is 0 Å². The number of imide groups is 1. The summed E-state index contributed by atoms with van der Waals surface area (Å²) in [5.74, 6) is -1.78. The van der Waals surface area contributed by atoms with Crippen molar-refractivity contribution in [1.29, 1.82) is 0 Å². The normalized spacial score (nSPS) is 19.3. The van der Waals surface area contributed by atoms with Gasteiger partial charge in [-0.05, 0) is 49.2 Å². The number of carbonyl (C=O) groups excluding carboxylic acids is 2. The van der Waals surface area contributed by atoms with E-state index >= 15 is 0 Å². The number of amides is 3. The topological polar surface area (TPSA) is 95.7 Å². The summed E-state index contributed by atoms with van der Waals surface area (Å²) in [5, 5.41) is 10.5. The third-order valence-corrected chi connectivity index (χ3v) is 7.25. The predicted molar refractivity (Wildman–Crippen MR) is 126 cm³/mol. The number of hydrogen-bond acceptors (Lipinski definition) is 4. The second-order valence-corrected chi connectivity index (χ2v) is 10.6. The average Bonchev–Trinajstić information content (AvgIpc) is 3.23. The molecule has 182 valence electrons. The van der Waals surface area contributed by atoms with Gasteiger partial charge in [-0.25, -0.2) is 14.2 Å². The molecule has 1 fully saturated rings. The Morgan fingerprint density at radius 2 is 1.89 bits per heavy atom. The molecule has 9 heteroatoms. The van der Waals surface area contributed by atoms with Crippen molar-refractivity contribution in [2.75, 3.05) is 6.54 Å². The standard InChI is InChI=1S/C26H27FN4O4/c1-25(2,23(33)34)14-31-22(32)20-26(3,4)19-17-6-5-11-28-21(17)29(18(19)13-30(20)24(31)35)12-15-7-9-16(27)10-8-15/h5-11,20H,12-14H2,1-4H3,(H,33,34). The van der Waals surface area contributed by atoms with Gasteiger partial charge in [0.25, 0.3) is 5.91 Å². The van der Waals surface area contributed by atoms with E-state index in [1.54, 1.807) is 23.2 Å². The molecule has 2 aliphatic heterocycles. The minimum Gasteiger partial charge on any atom is -0.481 e. The summed E-state index contributed by atoms with van der Waals surface area (Å²) in [7, 11) is 0. The van der Waals surface area contributed by atoms with Crippen molar-refractivity contribution in [3.05, 3.63) is 65.2 Å². The number of rotatable bonds is 5. The molecule has 1 atom stereocenters. The van der Waals surface area contributed by atoms with E-state index in [1.807, 2.05) is 30.5 Å². The van der Waals surface area contributed by atoms with E-state index < -0.39 is 28.9 Å². The van der Waals surface area contributed by atoms with Crippen LogP contribution in [-0.4, -0.2) is 55.0 Å². The quantitative estimate of drug-likeness (QED) is 0.564. The maximum atomic E-state index is 13.6. The first-order valence-corrected chi connectivity index (χ1v) is 11.5. The van der Waals surface area contributed by atoms with Crippen LogP contribution in [0.15, 0.2) is 42.6 Å². The first-order valence-electron chi connectivity index (χ1n) is 11.5. The molecule has 5 rings (SSSR count). The number of urea groups is 1. The molecule has 35 heavy (non-hydrogen) atoms. The van der Waals surface area contributed by atoms with E-state index in [0.717, 1.165) is 32.8 Å². The van der Waals surface area contributed by atoms with Crippen LogP contribution in [0.5, 0.6) is 0 Å². The number of carboxylic acid groups (broad SMARTS) is 1. The number of carbonyl (C=O) groups is 3. The third-order valence-electron chi connectivity index (χ3n) is 7.25. The van der Waals surface area contributed by atoms with Crippen LogP contribution >= 0.6 is 0 Å². The number of halogens is 1. The number of aliphatic carboxylic acids is 1. The molecule has 2 aliphatic rings. The SMILES string of the molecule is CC(C)(CN1C(=O)C2N(Cc3c(c4cccnc4n3Cc3ccc(F)cc3)C2(C)C)C1=O)C(=O)O. The van der Waals surface area contributed by atoms with Crippen molar-refractivity contribution in [2.45, 2.75) is 52.2 Å². The zero-order valence-electron chi connectivity index (χ0n) is 20.1. The summed E-state index contributed by atoms with van der Waals surface area (Å²) < 4.78 is 15.5. The van der Waals surface area contributed by atoms with Gasteiger partial charge in [0.05, 0.1) is 12.0 Å². The van der Waals surface area contributed by atoms with Gasteiger partial charge in [-0.3, -0.25) is 14.5 Å². The van der Waals surface area contributed by atoms with Gasteiger partial charge in [-0.1, -0.05) is 26.0 Å². The number of fused-ring (bicyclic) bond motifs is 4. The molecule has 0 radical (unpaired) electrons. The molecular formula is C26H27FN4O4. The Bertz CT molecular complexity index is 1380. The van der Waals surface area contributed by atoms with Crippen LogP contribution in [0.2, 0.25) is 0 Å². The molecule has 1 aromatic carbocycles. The van der Waals surface area contributed by atoms with E-state index in [1.165, 1.54) is 26.0 Å². The van der Waals surface area contributed by atoms with Gasteiger partial charge in [0.2, 0.25) is 0 Å². The molecular weight excluding hydrogens is 451 g/mol. The van der Waals surface area contributed by atoms with Gasteiger partial charge < -0.3 is 14.6 Å². The molecule has 4 heterocycles. The van der Waals surface area contributed by atoms with Gasteiger partial charge in [0, 0.05) is 35.8 Å². The minimum atomic E-state index is -1.27. The van der Waals surface area contributed by atoms with Crippen molar-refractivity contribution in [1.82, 2.24) is 19.4 Å². The summed E-state index contributed by atoms with van der Waals surface area (Å²) in [6.07, 6.45) is 1.70. The van der Waals surface area contributed by atoms with Gasteiger partial charge in [-0.15, -0.1) is 0 Å². The lowest BCUT2D eigenvalue weighted by atomic mass is 9.73. The van der Waals surface area contributed by atoms with Crippen molar-refractivity contribution >= 4 is 28.9 Å². The van der Waals surface area contributed by atoms with Crippen molar-refractivity contribution in [3.63, 3.8) is 0 Å². The lowest BCUT2D eigenvalue weighted by Gasteiger charge is -2.41. The summed E-state index contributed by atoms with van der Waals surface area (Å²) >= 11 is 0. The Balaban J connectivity index is 1.62. The molecule has 1 saturated heterocycles. The van der Waals surface area contributed by atoms with E-state index in [2.05, 4.69) is 4.98 Å². The second-order valence-electron chi connectivity index (χ2n) is 10.6.